The lowest BCUT2D eigenvalue weighted by atomic mass is 10.0. The van der Waals surface area contributed by atoms with E-state index in [1.165, 1.54) is 23.1 Å². The second-order valence-corrected chi connectivity index (χ2v) is 6.53. The monoisotopic (exact) mass is 324 g/mol. The molecule has 0 bridgehead atoms. The second kappa shape index (κ2) is 10.1. The van der Waals surface area contributed by atoms with Crippen molar-refractivity contribution in [3.05, 3.63) is 76.6 Å². The molecule has 0 nitrogen and oxygen atoms in total. The number of rotatable bonds is 9. The molecule has 128 valence electrons. The van der Waals surface area contributed by atoms with Crippen LogP contribution in [0.4, 0.5) is 4.39 Å². The molecule has 0 aromatic heterocycles. The van der Waals surface area contributed by atoms with E-state index < -0.39 is 0 Å². The van der Waals surface area contributed by atoms with Crippen molar-refractivity contribution in [3.8, 4) is 0 Å². The van der Waals surface area contributed by atoms with Gasteiger partial charge in [0.05, 0.1) is 0 Å². The predicted octanol–water partition coefficient (Wildman–Crippen LogP) is 7.12. The molecule has 2 rings (SSSR count). The quantitative estimate of drug-likeness (QED) is 0.431. The van der Waals surface area contributed by atoms with Crippen molar-refractivity contribution < 1.29 is 4.39 Å². The highest BCUT2D eigenvalue weighted by Gasteiger charge is 2.00. The van der Waals surface area contributed by atoms with E-state index in [0.717, 1.165) is 37.7 Å². The van der Waals surface area contributed by atoms with E-state index in [2.05, 4.69) is 50.2 Å². The van der Waals surface area contributed by atoms with E-state index in [4.69, 9.17) is 0 Å². The molecule has 0 saturated heterocycles. The molecule has 2 aromatic rings. The number of unbranched alkanes of at least 4 members (excludes halogenated alkanes) is 2. The first kappa shape index (κ1) is 18.4. The Labute approximate surface area is 146 Å². The molecule has 0 spiro atoms. The van der Waals surface area contributed by atoms with Crippen LogP contribution >= 0.6 is 0 Å². The Morgan fingerprint density at radius 3 is 1.96 bits per heavy atom. The molecule has 2 aromatic carbocycles. The van der Waals surface area contributed by atoms with Crippen LogP contribution in [0, 0.1) is 0 Å². The lowest BCUT2D eigenvalue weighted by Crippen LogP contribution is -1.90. The Morgan fingerprint density at radius 2 is 1.38 bits per heavy atom. The number of allylic oxidation sites excluding steroid dienone is 1. The van der Waals surface area contributed by atoms with Gasteiger partial charge in [-0.1, -0.05) is 81.6 Å². The van der Waals surface area contributed by atoms with Crippen molar-refractivity contribution in [1.29, 1.82) is 0 Å². The van der Waals surface area contributed by atoms with Gasteiger partial charge in [0.15, 0.2) is 0 Å². The number of aryl methyl sites for hydroxylation is 1. The molecule has 24 heavy (non-hydrogen) atoms. The maximum atomic E-state index is 13.8. The highest BCUT2D eigenvalue weighted by molar-refractivity contribution is 5.51. The highest BCUT2D eigenvalue weighted by Crippen LogP contribution is 2.17. The minimum Gasteiger partial charge on any atom is -0.212 e. The smallest absolute Gasteiger partial charge is 0.101 e. The molecular formula is C23H29F. The molecule has 1 heteroatoms. The third-order valence-electron chi connectivity index (χ3n) is 4.29. The fourth-order valence-electron chi connectivity index (χ4n) is 2.88. The first-order valence-electron chi connectivity index (χ1n) is 9.24. The van der Waals surface area contributed by atoms with Gasteiger partial charge in [0.2, 0.25) is 0 Å². The maximum Gasteiger partial charge on any atom is 0.101 e. The van der Waals surface area contributed by atoms with Gasteiger partial charge in [-0.25, -0.2) is 4.39 Å². The standard InChI is InChI=1S/C23H29F/c1-3-5-6-8-23(24)18-22-15-13-21(14-16-22)17-20-11-9-19(7-4-2)10-12-20/h9-16,18H,3-8,17H2,1-2H3. The molecule has 0 unspecified atom stereocenters. The average Bonchev–Trinajstić information content (AvgIpc) is 2.59. The van der Waals surface area contributed by atoms with Gasteiger partial charge in [-0.05, 0) is 54.0 Å². The van der Waals surface area contributed by atoms with Crippen molar-refractivity contribution in [2.45, 2.75) is 58.8 Å². The van der Waals surface area contributed by atoms with E-state index in [1.807, 2.05) is 12.1 Å². The summed E-state index contributed by atoms with van der Waals surface area (Å²) in [6.07, 6.45) is 8.63. The summed E-state index contributed by atoms with van der Waals surface area (Å²) in [6.45, 7) is 4.34. The van der Waals surface area contributed by atoms with Crippen molar-refractivity contribution in [1.82, 2.24) is 0 Å². The van der Waals surface area contributed by atoms with Crippen LogP contribution in [0.15, 0.2) is 54.4 Å². The molecule has 0 aliphatic carbocycles. The predicted molar refractivity (Wildman–Crippen MR) is 103 cm³/mol. The molecule has 0 atom stereocenters. The molecule has 0 heterocycles. The molecular weight excluding hydrogens is 295 g/mol. The summed E-state index contributed by atoms with van der Waals surface area (Å²) in [7, 11) is 0. The topological polar surface area (TPSA) is 0 Å². The minimum atomic E-state index is -0.0114. The van der Waals surface area contributed by atoms with E-state index in [9.17, 15) is 4.39 Å². The van der Waals surface area contributed by atoms with Gasteiger partial charge in [-0.15, -0.1) is 0 Å². The summed E-state index contributed by atoms with van der Waals surface area (Å²) >= 11 is 0. The molecule has 0 radical (unpaired) electrons. The number of benzene rings is 2. The Morgan fingerprint density at radius 1 is 0.792 bits per heavy atom. The lowest BCUT2D eigenvalue weighted by Gasteiger charge is -2.05. The number of hydrogen-bond acceptors (Lipinski definition) is 0. The van der Waals surface area contributed by atoms with Crippen LogP contribution in [0.2, 0.25) is 0 Å². The van der Waals surface area contributed by atoms with Crippen molar-refractivity contribution >= 4 is 6.08 Å². The highest BCUT2D eigenvalue weighted by atomic mass is 19.1. The van der Waals surface area contributed by atoms with Gasteiger partial charge in [0.1, 0.15) is 5.83 Å². The summed E-state index contributed by atoms with van der Waals surface area (Å²) in [6, 6.07) is 17.1. The SMILES string of the molecule is CCCCCC(F)=Cc1ccc(Cc2ccc(CCC)cc2)cc1. The molecule has 0 saturated carbocycles. The minimum absolute atomic E-state index is 0.0114. The molecule has 0 aliphatic rings. The Bertz CT molecular complexity index is 620. The zero-order valence-electron chi connectivity index (χ0n) is 15.0. The summed E-state index contributed by atoms with van der Waals surface area (Å²) in [5, 5.41) is 0. The van der Waals surface area contributed by atoms with Gasteiger partial charge >= 0.3 is 0 Å². The van der Waals surface area contributed by atoms with Crippen molar-refractivity contribution in [2.24, 2.45) is 0 Å². The third kappa shape index (κ3) is 6.31. The molecule has 0 aliphatic heterocycles. The van der Waals surface area contributed by atoms with E-state index >= 15 is 0 Å². The summed E-state index contributed by atoms with van der Waals surface area (Å²) < 4.78 is 13.8. The zero-order chi connectivity index (χ0) is 17.2. The van der Waals surface area contributed by atoms with Crippen LogP contribution in [0.25, 0.3) is 6.08 Å². The Balaban J connectivity index is 1.92. The average molecular weight is 324 g/mol. The van der Waals surface area contributed by atoms with Crippen LogP contribution in [-0.4, -0.2) is 0 Å². The second-order valence-electron chi connectivity index (χ2n) is 6.53. The van der Waals surface area contributed by atoms with Crippen LogP contribution in [0.3, 0.4) is 0 Å². The van der Waals surface area contributed by atoms with E-state index in [-0.39, 0.29) is 5.83 Å². The normalized spacial score (nSPS) is 11.7. The van der Waals surface area contributed by atoms with Crippen LogP contribution < -0.4 is 0 Å². The van der Waals surface area contributed by atoms with Crippen LogP contribution in [-0.2, 0) is 12.8 Å². The van der Waals surface area contributed by atoms with Gasteiger partial charge in [-0.2, -0.15) is 0 Å². The van der Waals surface area contributed by atoms with Crippen molar-refractivity contribution in [3.63, 3.8) is 0 Å². The number of hydrogen-bond donors (Lipinski definition) is 0. The molecule has 0 amide bonds. The van der Waals surface area contributed by atoms with Gasteiger partial charge < -0.3 is 0 Å². The van der Waals surface area contributed by atoms with E-state index in [1.54, 1.807) is 6.08 Å². The Hall–Kier alpha value is -1.89. The first-order valence-corrected chi connectivity index (χ1v) is 9.24. The van der Waals surface area contributed by atoms with Gasteiger partial charge in [0.25, 0.3) is 0 Å². The summed E-state index contributed by atoms with van der Waals surface area (Å²) in [4.78, 5) is 0. The first-order chi connectivity index (χ1) is 11.7. The fourth-order valence-corrected chi connectivity index (χ4v) is 2.88. The number of halogens is 1. The van der Waals surface area contributed by atoms with Crippen LogP contribution in [0.5, 0.6) is 0 Å². The van der Waals surface area contributed by atoms with Crippen molar-refractivity contribution in [2.75, 3.05) is 0 Å². The van der Waals surface area contributed by atoms with Crippen LogP contribution in [0.1, 0.15) is 68.2 Å². The van der Waals surface area contributed by atoms with Gasteiger partial charge in [0, 0.05) is 0 Å². The zero-order valence-corrected chi connectivity index (χ0v) is 15.0. The van der Waals surface area contributed by atoms with Gasteiger partial charge in [-0.3, -0.25) is 0 Å². The lowest BCUT2D eigenvalue weighted by molar-refractivity contribution is 0.567. The maximum absolute atomic E-state index is 13.8. The molecule has 0 N–H and O–H groups in total. The fraction of sp³-hybridized carbons (Fsp3) is 0.391. The summed E-state index contributed by atoms with van der Waals surface area (Å²) in [5.74, 6) is -0.0114. The van der Waals surface area contributed by atoms with E-state index in [0.29, 0.717) is 6.42 Å². The molecule has 0 fully saturated rings. The largest absolute Gasteiger partial charge is 0.212 e. The summed E-state index contributed by atoms with van der Waals surface area (Å²) in [5.41, 5.74) is 4.94. The Kier molecular flexibility index (Phi) is 7.74. The third-order valence-corrected chi connectivity index (χ3v) is 4.29.